The van der Waals surface area contributed by atoms with Gasteiger partial charge in [0.2, 0.25) is 0 Å². The molecule has 5 rings (SSSR count). The standard InChI is InChI=1S/C18H19NO4.C10H7N3S/c1-13-8-4-7-11-16(13)23-12-14-9-5-6-10-15(14)17(19-22-3)18(20)21-2;1-2-4-8-7(3-1)12-10(13-8)9-5-14-6-11-9/h4-11H,12H2,1-3H3;1-6H,(H,12,13)/b19-17+;. The summed E-state index contributed by atoms with van der Waals surface area (Å²) in [4.78, 5) is 28.6. The van der Waals surface area contributed by atoms with Gasteiger partial charge in [-0.1, -0.05) is 59.8 Å². The van der Waals surface area contributed by atoms with Gasteiger partial charge in [0.25, 0.3) is 0 Å². The molecule has 0 saturated heterocycles. The van der Waals surface area contributed by atoms with Gasteiger partial charge >= 0.3 is 5.97 Å². The summed E-state index contributed by atoms with van der Waals surface area (Å²) in [5, 5.41) is 5.77. The Kier molecular flexibility index (Phi) is 8.62. The van der Waals surface area contributed by atoms with Gasteiger partial charge in [-0.25, -0.2) is 14.8 Å². The number of esters is 1. The lowest BCUT2D eigenvalue weighted by atomic mass is 10.0. The molecule has 0 aliphatic heterocycles. The van der Waals surface area contributed by atoms with E-state index < -0.39 is 5.97 Å². The molecule has 0 unspecified atom stereocenters. The number of methoxy groups -OCH3 is 1. The number of aryl methyl sites for hydroxylation is 1. The van der Waals surface area contributed by atoms with Gasteiger partial charge in [0, 0.05) is 10.9 Å². The summed E-state index contributed by atoms with van der Waals surface area (Å²) in [6.45, 7) is 2.29. The Morgan fingerprint density at radius 1 is 1.00 bits per heavy atom. The van der Waals surface area contributed by atoms with Crippen LogP contribution in [-0.2, 0) is 21.0 Å². The number of ether oxygens (including phenoxy) is 2. The van der Waals surface area contributed by atoms with Crippen LogP contribution in [0.4, 0.5) is 0 Å². The molecule has 3 aromatic carbocycles. The number of fused-ring (bicyclic) bond motifs is 1. The summed E-state index contributed by atoms with van der Waals surface area (Å²) in [5.74, 6) is 1.08. The molecule has 0 radical (unpaired) electrons. The summed E-state index contributed by atoms with van der Waals surface area (Å²) in [6, 6.07) is 23.1. The van der Waals surface area contributed by atoms with Crippen molar-refractivity contribution in [1.82, 2.24) is 15.0 Å². The van der Waals surface area contributed by atoms with Crippen LogP contribution in [-0.4, -0.2) is 40.9 Å². The first-order chi connectivity index (χ1) is 18.1. The topological polar surface area (TPSA) is 98.7 Å². The number of benzene rings is 3. The highest BCUT2D eigenvalue weighted by Gasteiger charge is 2.19. The molecule has 0 atom stereocenters. The second kappa shape index (κ2) is 12.5. The van der Waals surface area contributed by atoms with Crippen molar-refractivity contribution in [3.05, 3.63) is 100 Å². The maximum atomic E-state index is 11.9. The highest BCUT2D eigenvalue weighted by molar-refractivity contribution is 7.07. The van der Waals surface area contributed by atoms with Crippen LogP contribution in [0, 0.1) is 6.92 Å². The fourth-order valence-corrected chi connectivity index (χ4v) is 4.08. The van der Waals surface area contributed by atoms with E-state index >= 15 is 0 Å². The number of aromatic amines is 1. The Labute approximate surface area is 218 Å². The minimum absolute atomic E-state index is 0.110. The van der Waals surface area contributed by atoms with E-state index in [1.54, 1.807) is 17.4 Å². The van der Waals surface area contributed by atoms with Crippen LogP contribution in [0.15, 0.2) is 88.8 Å². The van der Waals surface area contributed by atoms with E-state index in [9.17, 15) is 4.79 Å². The van der Waals surface area contributed by atoms with Crippen molar-refractivity contribution in [2.75, 3.05) is 14.2 Å². The van der Waals surface area contributed by atoms with Crippen molar-refractivity contribution in [3.8, 4) is 17.3 Å². The van der Waals surface area contributed by atoms with Gasteiger partial charge in [-0.15, -0.1) is 11.3 Å². The molecule has 8 nitrogen and oxygen atoms in total. The third kappa shape index (κ3) is 6.39. The first-order valence-corrected chi connectivity index (χ1v) is 12.3. The number of carbonyl (C=O) groups excluding carboxylic acids is 1. The number of carbonyl (C=O) groups is 1. The molecule has 2 heterocycles. The van der Waals surface area contributed by atoms with Gasteiger partial charge in [-0.05, 0) is 36.2 Å². The summed E-state index contributed by atoms with van der Waals surface area (Å²) < 4.78 is 10.6. The number of aromatic nitrogens is 3. The molecular weight excluding hydrogens is 488 g/mol. The number of imidazole rings is 1. The predicted molar refractivity (Wildman–Crippen MR) is 145 cm³/mol. The van der Waals surface area contributed by atoms with E-state index in [-0.39, 0.29) is 5.71 Å². The Bertz CT molecular complexity index is 1460. The minimum atomic E-state index is -0.560. The van der Waals surface area contributed by atoms with Crippen molar-refractivity contribution in [3.63, 3.8) is 0 Å². The van der Waals surface area contributed by atoms with Gasteiger partial charge in [0.15, 0.2) is 11.5 Å². The first kappa shape index (κ1) is 25.6. The first-order valence-electron chi connectivity index (χ1n) is 11.4. The Balaban J connectivity index is 0.000000193. The lowest BCUT2D eigenvalue weighted by Gasteiger charge is -2.12. The van der Waals surface area contributed by atoms with Crippen LogP contribution >= 0.6 is 11.3 Å². The largest absolute Gasteiger partial charge is 0.489 e. The van der Waals surface area contributed by atoms with Crippen LogP contribution < -0.4 is 4.74 Å². The molecule has 5 aromatic rings. The second-order valence-electron chi connectivity index (χ2n) is 7.80. The van der Waals surface area contributed by atoms with E-state index in [0.29, 0.717) is 12.2 Å². The third-order valence-electron chi connectivity index (χ3n) is 5.37. The molecule has 2 aromatic heterocycles. The third-order valence-corrected chi connectivity index (χ3v) is 5.96. The van der Waals surface area contributed by atoms with Gasteiger partial charge < -0.3 is 19.3 Å². The molecule has 1 N–H and O–H groups in total. The number of hydrogen-bond donors (Lipinski definition) is 1. The van der Waals surface area contributed by atoms with Gasteiger partial charge in [-0.3, -0.25) is 0 Å². The van der Waals surface area contributed by atoms with E-state index in [4.69, 9.17) is 14.3 Å². The number of oxime groups is 1. The maximum absolute atomic E-state index is 11.9. The number of H-pyrrole nitrogens is 1. The highest BCUT2D eigenvalue weighted by Crippen LogP contribution is 2.21. The van der Waals surface area contributed by atoms with Gasteiger partial charge in [0.1, 0.15) is 25.2 Å². The van der Waals surface area contributed by atoms with E-state index in [2.05, 4.69) is 20.1 Å². The molecule has 9 heteroatoms. The maximum Gasteiger partial charge on any atom is 0.360 e. The Morgan fingerprint density at radius 3 is 2.49 bits per heavy atom. The van der Waals surface area contributed by atoms with Gasteiger partial charge in [0.05, 0.1) is 23.7 Å². The SMILES string of the molecule is CO/N=C(/C(=O)OC)c1ccccc1COc1ccccc1C.c1ccc2[nH]c(-c3cscn3)nc2c1. The number of nitrogens with zero attached hydrogens (tertiary/aromatic N) is 3. The lowest BCUT2D eigenvalue weighted by molar-refractivity contribution is -0.132. The molecule has 0 saturated carbocycles. The molecule has 37 heavy (non-hydrogen) atoms. The summed E-state index contributed by atoms with van der Waals surface area (Å²) in [6.07, 6.45) is 0. The quantitative estimate of drug-likeness (QED) is 0.168. The monoisotopic (exact) mass is 514 g/mol. The number of rotatable bonds is 7. The van der Waals surface area contributed by atoms with Crippen LogP contribution in [0.2, 0.25) is 0 Å². The molecule has 0 aliphatic carbocycles. The van der Waals surface area contributed by atoms with Crippen molar-refractivity contribution >= 4 is 34.1 Å². The van der Waals surface area contributed by atoms with E-state index in [1.807, 2.05) is 84.5 Å². The second-order valence-corrected chi connectivity index (χ2v) is 8.52. The number of nitrogens with one attached hydrogen (secondary N) is 1. The van der Waals surface area contributed by atoms with Crippen LogP contribution in [0.1, 0.15) is 16.7 Å². The van der Waals surface area contributed by atoms with Gasteiger partial charge in [-0.2, -0.15) is 0 Å². The minimum Gasteiger partial charge on any atom is -0.489 e. The zero-order chi connectivity index (χ0) is 26.0. The molecule has 0 aliphatic rings. The number of hydrogen-bond acceptors (Lipinski definition) is 8. The van der Waals surface area contributed by atoms with Crippen LogP contribution in [0.3, 0.4) is 0 Å². The van der Waals surface area contributed by atoms with Crippen molar-refractivity contribution in [2.45, 2.75) is 13.5 Å². The van der Waals surface area contributed by atoms with Crippen molar-refractivity contribution < 1.29 is 19.1 Å². The summed E-state index contributed by atoms with van der Waals surface area (Å²) in [5.41, 5.74) is 7.34. The highest BCUT2D eigenvalue weighted by atomic mass is 32.1. The zero-order valence-electron chi connectivity index (χ0n) is 20.7. The molecule has 0 spiro atoms. The Morgan fingerprint density at radius 2 is 1.76 bits per heavy atom. The summed E-state index contributed by atoms with van der Waals surface area (Å²) in [7, 11) is 2.69. The molecule has 188 valence electrons. The van der Waals surface area contributed by atoms with Crippen LogP contribution in [0.5, 0.6) is 5.75 Å². The smallest absolute Gasteiger partial charge is 0.360 e. The zero-order valence-corrected chi connectivity index (χ0v) is 21.5. The molecular formula is C28H26N4O4S. The Hall–Kier alpha value is -4.50. The average molecular weight is 515 g/mol. The van der Waals surface area contributed by atoms with Crippen molar-refractivity contribution in [1.29, 1.82) is 0 Å². The molecule has 0 bridgehead atoms. The normalized spacial score (nSPS) is 10.9. The summed E-state index contributed by atoms with van der Waals surface area (Å²) >= 11 is 1.57. The van der Waals surface area contributed by atoms with Crippen LogP contribution in [0.25, 0.3) is 22.6 Å². The molecule has 0 amide bonds. The fourth-order valence-electron chi connectivity index (χ4n) is 3.54. The molecule has 0 fully saturated rings. The van der Waals surface area contributed by atoms with E-state index in [1.165, 1.54) is 14.2 Å². The predicted octanol–water partition coefficient (Wildman–Crippen LogP) is 5.78. The average Bonchev–Trinajstić information content (AvgIpc) is 3.62. The number of para-hydroxylation sites is 3. The fraction of sp³-hybridized carbons (Fsp3) is 0.143. The number of thiazole rings is 1. The van der Waals surface area contributed by atoms with Crippen molar-refractivity contribution in [2.24, 2.45) is 5.16 Å². The van der Waals surface area contributed by atoms with E-state index in [0.717, 1.165) is 39.4 Å². The lowest BCUT2D eigenvalue weighted by Crippen LogP contribution is -2.19.